The van der Waals surface area contributed by atoms with Gasteiger partial charge in [-0.15, -0.1) is 0 Å². The molecule has 1 aliphatic rings. The second-order valence-electron chi connectivity index (χ2n) is 8.54. The second-order valence-corrected chi connectivity index (χ2v) is 8.54. The number of rotatable bonds is 15. The first-order valence-electron chi connectivity index (χ1n) is 12.0. The highest BCUT2D eigenvalue weighted by Gasteiger charge is 2.33. The lowest BCUT2D eigenvalue weighted by Crippen LogP contribution is -2.30. The Kier molecular flexibility index (Phi) is 14.1. The maximum Gasteiger partial charge on any atom is 0.308 e. The van der Waals surface area contributed by atoms with E-state index in [-0.39, 0.29) is 23.8 Å². The van der Waals surface area contributed by atoms with Crippen LogP contribution >= 0.6 is 0 Å². The summed E-state index contributed by atoms with van der Waals surface area (Å²) >= 11 is 0. The Hall–Kier alpha value is -1.06. The van der Waals surface area contributed by atoms with E-state index < -0.39 is 0 Å². The van der Waals surface area contributed by atoms with E-state index in [1.807, 2.05) is 0 Å². The number of carbonyl (C=O) groups is 2. The van der Waals surface area contributed by atoms with Crippen LogP contribution in [0.3, 0.4) is 0 Å². The van der Waals surface area contributed by atoms with Crippen LogP contribution in [0.4, 0.5) is 0 Å². The minimum atomic E-state index is -0.135. The van der Waals surface area contributed by atoms with Crippen molar-refractivity contribution in [2.45, 2.75) is 111 Å². The molecule has 3 unspecified atom stereocenters. The Morgan fingerprint density at radius 1 is 0.821 bits per heavy atom. The zero-order valence-electron chi connectivity index (χ0n) is 18.7. The van der Waals surface area contributed by atoms with Gasteiger partial charge in [0.05, 0.1) is 25.0 Å². The van der Waals surface area contributed by atoms with Gasteiger partial charge in [-0.3, -0.25) is 9.59 Å². The van der Waals surface area contributed by atoms with Gasteiger partial charge in [-0.1, -0.05) is 78.6 Å². The fourth-order valence-electron chi connectivity index (χ4n) is 4.01. The summed E-state index contributed by atoms with van der Waals surface area (Å²) in [6, 6.07) is 0. The first kappa shape index (κ1) is 25.0. The number of carbonyl (C=O) groups excluding carboxylic acids is 2. The molecule has 0 heterocycles. The van der Waals surface area contributed by atoms with E-state index in [4.69, 9.17) is 9.47 Å². The second kappa shape index (κ2) is 15.8. The minimum Gasteiger partial charge on any atom is -0.465 e. The first-order chi connectivity index (χ1) is 13.6. The number of hydrogen-bond acceptors (Lipinski definition) is 4. The molecule has 0 spiro atoms. The lowest BCUT2D eigenvalue weighted by Gasteiger charge is -2.27. The van der Waals surface area contributed by atoms with E-state index in [1.165, 1.54) is 38.5 Å². The summed E-state index contributed by atoms with van der Waals surface area (Å²) in [5.41, 5.74) is 0. The molecule has 0 radical (unpaired) electrons. The average Bonchev–Trinajstić information content (AvgIpc) is 2.73. The molecule has 0 bridgehead atoms. The van der Waals surface area contributed by atoms with Gasteiger partial charge >= 0.3 is 11.9 Å². The van der Waals surface area contributed by atoms with Crippen molar-refractivity contribution in [1.29, 1.82) is 0 Å². The van der Waals surface area contributed by atoms with Crippen LogP contribution in [0.1, 0.15) is 111 Å². The lowest BCUT2D eigenvalue weighted by molar-refractivity contribution is -0.156. The van der Waals surface area contributed by atoms with Gasteiger partial charge in [-0.25, -0.2) is 0 Å². The molecule has 164 valence electrons. The summed E-state index contributed by atoms with van der Waals surface area (Å²) in [6.45, 7) is 7.60. The van der Waals surface area contributed by atoms with Gasteiger partial charge in [0.2, 0.25) is 0 Å². The number of ether oxygens (including phenoxy) is 2. The molecule has 1 aliphatic carbocycles. The van der Waals surface area contributed by atoms with Crippen LogP contribution in [0.2, 0.25) is 0 Å². The lowest BCUT2D eigenvalue weighted by atomic mass is 9.81. The predicted octanol–water partition coefficient (Wildman–Crippen LogP) is 6.46. The smallest absolute Gasteiger partial charge is 0.308 e. The fourth-order valence-corrected chi connectivity index (χ4v) is 4.01. The standard InChI is InChI=1S/C24H44O4/c1-4-7-9-10-11-12-17-27-23(25)21-15-13-16-22(18-21)24(26)28-19-20(6-3)14-8-5-2/h20-22H,4-19H2,1-3H3. The molecule has 4 heteroatoms. The summed E-state index contributed by atoms with van der Waals surface area (Å²) in [5.74, 6) is -0.0214. The normalized spacial score (nSPS) is 20.5. The van der Waals surface area contributed by atoms with Crippen molar-refractivity contribution in [3.8, 4) is 0 Å². The van der Waals surface area contributed by atoms with Crippen molar-refractivity contribution in [1.82, 2.24) is 0 Å². The maximum atomic E-state index is 12.5. The summed E-state index contributed by atoms with van der Waals surface area (Å²) in [4.78, 5) is 24.8. The summed E-state index contributed by atoms with van der Waals surface area (Å²) < 4.78 is 11.1. The third-order valence-electron chi connectivity index (χ3n) is 6.09. The van der Waals surface area contributed by atoms with Gasteiger partial charge in [-0.2, -0.15) is 0 Å². The first-order valence-corrected chi connectivity index (χ1v) is 12.0. The monoisotopic (exact) mass is 396 g/mol. The van der Waals surface area contributed by atoms with E-state index in [0.717, 1.165) is 44.9 Å². The van der Waals surface area contributed by atoms with E-state index in [9.17, 15) is 9.59 Å². The van der Waals surface area contributed by atoms with E-state index in [0.29, 0.717) is 25.6 Å². The van der Waals surface area contributed by atoms with Crippen molar-refractivity contribution in [3.63, 3.8) is 0 Å². The number of unbranched alkanes of at least 4 members (excludes halogenated alkanes) is 6. The third-order valence-corrected chi connectivity index (χ3v) is 6.09. The van der Waals surface area contributed by atoms with Gasteiger partial charge in [0.15, 0.2) is 0 Å². The molecule has 0 saturated heterocycles. The SMILES string of the molecule is CCCCCCCCOC(=O)C1CCCC(C(=O)OCC(CC)CCCC)C1. The van der Waals surface area contributed by atoms with Crippen LogP contribution in [-0.4, -0.2) is 25.2 Å². The fraction of sp³-hybridized carbons (Fsp3) is 0.917. The number of hydrogen-bond donors (Lipinski definition) is 0. The molecule has 4 nitrogen and oxygen atoms in total. The highest BCUT2D eigenvalue weighted by atomic mass is 16.5. The molecule has 0 aliphatic heterocycles. The third kappa shape index (κ3) is 10.5. The predicted molar refractivity (Wildman–Crippen MR) is 114 cm³/mol. The molecule has 1 fully saturated rings. The zero-order valence-corrected chi connectivity index (χ0v) is 18.7. The van der Waals surface area contributed by atoms with Gasteiger partial charge in [0.25, 0.3) is 0 Å². The largest absolute Gasteiger partial charge is 0.465 e. The minimum absolute atomic E-state index is 0.108. The van der Waals surface area contributed by atoms with Gasteiger partial charge in [0, 0.05) is 0 Å². The zero-order chi connectivity index (χ0) is 20.6. The van der Waals surface area contributed by atoms with E-state index in [2.05, 4.69) is 20.8 Å². The summed E-state index contributed by atoms with van der Waals surface area (Å²) in [5, 5.41) is 0. The Morgan fingerprint density at radius 2 is 1.43 bits per heavy atom. The molecule has 0 aromatic rings. The van der Waals surface area contributed by atoms with Gasteiger partial charge in [0.1, 0.15) is 0 Å². The molecular formula is C24H44O4. The van der Waals surface area contributed by atoms with Crippen LogP contribution in [0, 0.1) is 17.8 Å². The molecular weight excluding hydrogens is 352 g/mol. The van der Waals surface area contributed by atoms with Crippen molar-refractivity contribution in [3.05, 3.63) is 0 Å². The van der Waals surface area contributed by atoms with Crippen LogP contribution in [0.5, 0.6) is 0 Å². The van der Waals surface area contributed by atoms with Gasteiger partial charge < -0.3 is 9.47 Å². The molecule has 0 amide bonds. The van der Waals surface area contributed by atoms with E-state index in [1.54, 1.807) is 0 Å². The van der Waals surface area contributed by atoms with Crippen LogP contribution in [0.25, 0.3) is 0 Å². The number of esters is 2. The highest BCUT2D eigenvalue weighted by Crippen LogP contribution is 2.31. The molecule has 1 saturated carbocycles. The van der Waals surface area contributed by atoms with E-state index >= 15 is 0 Å². The molecule has 0 aromatic heterocycles. The van der Waals surface area contributed by atoms with Crippen molar-refractivity contribution in [2.75, 3.05) is 13.2 Å². The molecule has 28 heavy (non-hydrogen) atoms. The quantitative estimate of drug-likeness (QED) is 0.235. The molecule has 0 N–H and O–H groups in total. The average molecular weight is 397 g/mol. The van der Waals surface area contributed by atoms with Crippen molar-refractivity contribution in [2.24, 2.45) is 17.8 Å². The van der Waals surface area contributed by atoms with Crippen molar-refractivity contribution >= 4 is 11.9 Å². The Bertz CT molecular complexity index is 421. The van der Waals surface area contributed by atoms with Crippen molar-refractivity contribution < 1.29 is 19.1 Å². The van der Waals surface area contributed by atoms with Crippen LogP contribution in [0.15, 0.2) is 0 Å². The summed E-state index contributed by atoms with van der Waals surface area (Å²) in [6.07, 6.45) is 14.8. The highest BCUT2D eigenvalue weighted by molar-refractivity contribution is 5.76. The summed E-state index contributed by atoms with van der Waals surface area (Å²) in [7, 11) is 0. The van der Waals surface area contributed by atoms with Crippen LogP contribution in [-0.2, 0) is 19.1 Å². The Labute approximate surface area is 173 Å². The Morgan fingerprint density at radius 3 is 2.07 bits per heavy atom. The maximum absolute atomic E-state index is 12.5. The van der Waals surface area contributed by atoms with Crippen LogP contribution < -0.4 is 0 Å². The van der Waals surface area contributed by atoms with Gasteiger partial charge in [-0.05, 0) is 38.0 Å². The molecule has 0 aromatic carbocycles. The topological polar surface area (TPSA) is 52.6 Å². The Balaban J connectivity index is 2.26. The molecule has 3 atom stereocenters. The molecule has 1 rings (SSSR count).